The van der Waals surface area contributed by atoms with Crippen LogP contribution in [0.2, 0.25) is 0 Å². The van der Waals surface area contributed by atoms with E-state index in [1.165, 1.54) is 62.2 Å². The third-order valence-electron chi connectivity index (χ3n) is 3.92. The predicted octanol–water partition coefficient (Wildman–Crippen LogP) is 7.63. The first-order valence-corrected chi connectivity index (χ1v) is 10.7. The van der Waals surface area contributed by atoms with Gasteiger partial charge in [0.2, 0.25) is 0 Å². The molecule has 0 aliphatic carbocycles. The molecule has 0 fully saturated rings. The highest BCUT2D eigenvalue weighted by molar-refractivity contribution is 8.13. The fraction of sp³-hybridized carbons (Fsp3) is 0.591. The molecule has 134 valence electrons. The predicted molar refractivity (Wildman–Crippen MR) is 113 cm³/mol. The molecule has 24 heavy (non-hydrogen) atoms. The number of nitrogens with zero attached hydrogens (tertiary/aromatic N) is 1. The smallest absolute Gasteiger partial charge is 0.0769 e. The first kappa shape index (κ1) is 21.0. The quantitative estimate of drug-likeness (QED) is 0.233. The van der Waals surface area contributed by atoms with E-state index < -0.39 is 0 Å². The van der Waals surface area contributed by atoms with Crippen molar-refractivity contribution >= 4 is 16.8 Å². The molecule has 0 amide bonds. The van der Waals surface area contributed by atoms with Crippen molar-refractivity contribution in [3.8, 4) is 0 Å². The highest BCUT2D eigenvalue weighted by Crippen LogP contribution is 2.16. The monoisotopic (exact) mass is 345 g/mol. The second kappa shape index (κ2) is 16.8. The van der Waals surface area contributed by atoms with Gasteiger partial charge in [0, 0.05) is 12.6 Å². The maximum atomic E-state index is 4.32. The van der Waals surface area contributed by atoms with E-state index in [0.29, 0.717) is 0 Å². The van der Waals surface area contributed by atoms with E-state index in [1.807, 2.05) is 18.0 Å². The van der Waals surface area contributed by atoms with E-state index in [-0.39, 0.29) is 0 Å². The van der Waals surface area contributed by atoms with Gasteiger partial charge in [-0.25, -0.2) is 0 Å². The van der Waals surface area contributed by atoms with Gasteiger partial charge in [0.15, 0.2) is 0 Å². The third-order valence-corrected chi connectivity index (χ3v) is 5.02. The summed E-state index contributed by atoms with van der Waals surface area (Å²) in [5.74, 6) is 1.22. The van der Waals surface area contributed by atoms with Crippen molar-refractivity contribution < 1.29 is 0 Å². The lowest BCUT2D eigenvalue weighted by Gasteiger charge is -2.00. The Balaban J connectivity index is 1.81. The molecule has 0 bridgehead atoms. The Bertz CT molecular complexity index is 429. The van der Waals surface area contributed by atoms with Gasteiger partial charge < -0.3 is 0 Å². The SMILES string of the molecule is CCCCC/C=C\C/C=C\C/C=C\CCCCCSC1=NC=CC1. The Hall–Kier alpha value is -1.02. The van der Waals surface area contributed by atoms with Gasteiger partial charge in [0.05, 0.1) is 5.04 Å². The van der Waals surface area contributed by atoms with E-state index in [9.17, 15) is 0 Å². The number of thioether (sulfide) groups is 1. The number of allylic oxidation sites excluding steroid dienone is 7. The molecule has 1 aliphatic heterocycles. The van der Waals surface area contributed by atoms with Crippen molar-refractivity contribution in [3.63, 3.8) is 0 Å². The van der Waals surface area contributed by atoms with Crippen LogP contribution in [0, 0.1) is 0 Å². The zero-order valence-corrected chi connectivity index (χ0v) is 16.3. The molecule has 0 unspecified atom stereocenters. The van der Waals surface area contributed by atoms with Crippen LogP contribution in [-0.4, -0.2) is 10.8 Å². The minimum atomic E-state index is 1.05. The molecule has 0 aromatic rings. The highest BCUT2D eigenvalue weighted by Gasteiger charge is 2.00. The van der Waals surface area contributed by atoms with Crippen LogP contribution in [0.4, 0.5) is 0 Å². The molecule has 0 spiro atoms. The number of aliphatic imine (C=N–C) groups is 1. The normalized spacial score (nSPS) is 14.6. The summed E-state index contributed by atoms with van der Waals surface area (Å²) in [5.41, 5.74) is 0. The molecule has 1 rings (SSSR count). The van der Waals surface area contributed by atoms with E-state index in [1.54, 1.807) is 0 Å². The van der Waals surface area contributed by atoms with Gasteiger partial charge in [-0.3, -0.25) is 4.99 Å². The van der Waals surface area contributed by atoms with Crippen molar-refractivity contribution in [2.45, 2.75) is 77.6 Å². The molecule has 0 radical (unpaired) electrons. The second-order valence-corrected chi connectivity index (χ2v) is 7.36. The van der Waals surface area contributed by atoms with Gasteiger partial charge in [-0.05, 0) is 50.7 Å². The fourth-order valence-electron chi connectivity index (χ4n) is 2.46. The van der Waals surface area contributed by atoms with Crippen LogP contribution in [0.25, 0.3) is 0 Å². The summed E-state index contributed by atoms with van der Waals surface area (Å²) in [6.07, 6.45) is 31.5. The second-order valence-electron chi connectivity index (χ2n) is 6.19. The first-order valence-electron chi connectivity index (χ1n) is 9.73. The number of hydrogen-bond donors (Lipinski definition) is 0. The van der Waals surface area contributed by atoms with Crippen molar-refractivity contribution in [1.29, 1.82) is 0 Å². The van der Waals surface area contributed by atoms with Gasteiger partial charge >= 0.3 is 0 Å². The van der Waals surface area contributed by atoms with Crippen LogP contribution in [0.15, 0.2) is 53.7 Å². The molecule has 0 N–H and O–H groups in total. The largest absolute Gasteiger partial charge is 0.254 e. The summed E-state index contributed by atoms with van der Waals surface area (Å²) in [7, 11) is 0. The van der Waals surface area contributed by atoms with Gasteiger partial charge in [-0.15, -0.1) is 11.8 Å². The molecule has 2 heteroatoms. The average molecular weight is 346 g/mol. The van der Waals surface area contributed by atoms with E-state index in [4.69, 9.17) is 0 Å². The van der Waals surface area contributed by atoms with Crippen LogP contribution < -0.4 is 0 Å². The van der Waals surface area contributed by atoms with Crippen molar-refractivity contribution in [2.75, 3.05) is 5.75 Å². The number of rotatable bonds is 14. The summed E-state index contributed by atoms with van der Waals surface area (Å²) in [5, 5.41) is 1.29. The average Bonchev–Trinajstić information content (AvgIpc) is 3.11. The molecule has 0 saturated heterocycles. The Kier molecular flexibility index (Phi) is 14.7. The Labute approximate surface area is 154 Å². The van der Waals surface area contributed by atoms with E-state index in [2.05, 4.69) is 54.4 Å². The molecule has 0 atom stereocenters. The minimum absolute atomic E-state index is 1.05. The molecular weight excluding hydrogens is 310 g/mol. The lowest BCUT2D eigenvalue weighted by molar-refractivity contribution is 0.728. The number of hydrogen-bond acceptors (Lipinski definition) is 2. The van der Waals surface area contributed by atoms with Crippen LogP contribution in [0.5, 0.6) is 0 Å². The molecule has 1 heterocycles. The Morgan fingerprint density at radius 2 is 1.54 bits per heavy atom. The maximum Gasteiger partial charge on any atom is 0.0769 e. The van der Waals surface area contributed by atoms with Crippen molar-refractivity contribution in [3.05, 3.63) is 48.7 Å². The van der Waals surface area contributed by atoms with Gasteiger partial charge in [0.25, 0.3) is 0 Å². The zero-order chi connectivity index (χ0) is 17.1. The molecule has 0 aromatic carbocycles. The molecule has 1 nitrogen and oxygen atoms in total. The third kappa shape index (κ3) is 13.4. The van der Waals surface area contributed by atoms with E-state index in [0.717, 1.165) is 19.3 Å². The van der Waals surface area contributed by atoms with Crippen LogP contribution in [0.1, 0.15) is 77.6 Å². The molecule has 0 aromatic heterocycles. The summed E-state index contributed by atoms with van der Waals surface area (Å²) < 4.78 is 0. The summed E-state index contributed by atoms with van der Waals surface area (Å²) in [4.78, 5) is 4.32. The minimum Gasteiger partial charge on any atom is -0.254 e. The van der Waals surface area contributed by atoms with E-state index >= 15 is 0 Å². The van der Waals surface area contributed by atoms with Crippen LogP contribution >= 0.6 is 11.8 Å². The van der Waals surface area contributed by atoms with Gasteiger partial charge in [0.1, 0.15) is 0 Å². The summed E-state index contributed by atoms with van der Waals surface area (Å²) in [6, 6.07) is 0. The molecular formula is C22H35NS. The lowest BCUT2D eigenvalue weighted by atomic mass is 10.2. The van der Waals surface area contributed by atoms with Crippen LogP contribution in [0.3, 0.4) is 0 Å². The Morgan fingerprint density at radius 1 is 0.875 bits per heavy atom. The van der Waals surface area contributed by atoms with Crippen molar-refractivity contribution in [2.24, 2.45) is 4.99 Å². The fourth-order valence-corrected chi connectivity index (χ4v) is 3.39. The Morgan fingerprint density at radius 3 is 2.17 bits per heavy atom. The van der Waals surface area contributed by atoms with Crippen LogP contribution in [-0.2, 0) is 0 Å². The highest BCUT2D eigenvalue weighted by atomic mass is 32.2. The van der Waals surface area contributed by atoms with Gasteiger partial charge in [-0.2, -0.15) is 0 Å². The topological polar surface area (TPSA) is 12.4 Å². The van der Waals surface area contributed by atoms with Crippen molar-refractivity contribution in [1.82, 2.24) is 0 Å². The maximum absolute atomic E-state index is 4.32. The standard InChI is InChI=1S/C22H35NS/c1-2-3-4-5-6-7-8-9-10-11-12-13-14-15-16-17-21-24-22-19-18-20-23-22/h6-7,9-10,12-13,18,20H,2-5,8,11,14-17,19,21H2,1H3/b7-6-,10-9-,13-12-. The number of unbranched alkanes of at least 4 members (excludes halogenated alkanes) is 6. The zero-order valence-electron chi connectivity index (χ0n) is 15.5. The first-order chi connectivity index (χ1) is 11.9. The molecule has 0 saturated carbocycles. The summed E-state index contributed by atoms with van der Waals surface area (Å²) >= 11 is 1.93. The lowest BCUT2D eigenvalue weighted by Crippen LogP contribution is -1.89. The van der Waals surface area contributed by atoms with Gasteiger partial charge in [-0.1, -0.05) is 68.7 Å². The molecule has 1 aliphatic rings. The summed E-state index contributed by atoms with van der Waals surface area (Å²) in [6.45, 7) is 2.25.